The van der Waals surface area contributed by atoms with E-state index < -0.39 is 19.1 Å². The zero-order valence-electron chi connectivity index (χ0n) is 19.6. The fourth-order valence-electron chi connectivity index (χ4n) is 4.15. The van der Waals surface area contributed by atoms with E-state index in [9.17, 15) is 9.59 Å². The lowest BCUT2D eigenvalue weighted by molar-refractivity contribution is -0.126. The molecule has 1 aromatic carbocycles. The van der Waals surface area contributed by atoms with Gasteiger partial charge in [-0.2, -0.15) is 0 Å². The monoisotopic (exact) mass is 466 g/mol. The van der Waals surface area contributed by atoms with Crippen LogP contribution in [0, 0.1) is 0 Å². The largest absolute Gasteiger partial charge is 0.444 e. The number of hydrogen-bond acceptors (Lipinski definition) is 4. The van der Waals surface area contributed by atoms with E-state index in [0.29, 0.717) is 37.6 Å². The smallest absolute Gasteiger partial charge is 0.410 e. The highest BCUT2D eigenvalue weighted by molar-refractivity contribution is 6.76. The second-order valence-corrected chi connectivity index (χ2v) is 16.8. The third-order valence-electron chi connectivity index (χ3n) is 5.90. The summed E-state index contributed by atoms with van der Waals surface area (Å²) >= 11 is 6.31. The zero-order chi connectivity index (χ0) is 23.0. The predicted octanol–water partition coefficient (Wildman–Crippen LogP) is 5.27. The molecule has 0 radical (unpaired) electrons. The quantitative estimate of drug-likeness (QED) is 0.438. The Bertz CT molecular complexity index is 839. The van der Waals surface area contributed by atoms with Gasteiger partial charge in [0.2, 0.25) is 5.91 Å². The Labute approximate surface area is 191 Å². The molecule has 0 bridgehead atoms. The van der Waals surface area contributed by atoms with Gasteiger partial charge >= 0.3 is 6.09 Å². The van der Waals surface area contributed by atoms with Crippen molar-refractivity contribution in [3.05, 3.63) is 28.8 Å². The second kappa shape index (κ2) is 8.75. The molecule has 2 heterocycles. The molecule has 8 heteroatoms. The summed E-state index contributed by atoms with van der Waals surface area (Å²) in [6.45, 7) is 14.3. The number of benzene rings is 1. The van der Waals surface area contributed by atoms with Gasteiger partial charge in [0, 0.05) is 32.8 Å². The van der Waals surface area contributed by atoms with E-state index in [2.05, 4.69) is 19.6 Å². The summed E-state index contributed by atoms with van der Waals surface area (Å²) in [6, 6.07) is 6.68. The van der Waals surface area contributed by atoms with E-state index in [4.69, 9.17) is 21.1 Å². The van der Waals surface area contributed by atoms with Crippen LogP contribution in [0.3, 0.4) is 0 Å². The average molecular weight is 467 g/mol. The molecule has 2 aliphatic rings. The van der Waals surface area contributed by atoms with Crippen molar-refractivity contribution in [1.29, 1.82) is 0 Å². The lowest BCUT2D eigenvalue weighted by Crippen LogP contribution is -2.51. The lowest BCUT2D eigenvalue weighted by Gasteiger charge is -2.38. The van der Waals surface area contributed by atoms with Crippen molar-refractivity contribution < 1.29 is 19.1 Å². The molecule has 0 unspecified atom stereocenters. The van der Waals surface area contributed by atoms with Gasteiger partial charge in [0.25, 0.3) is 0 Å². The molecule has 2 amide bonds. The molecule has 1 spiro atoms. The minimum absolute atomic E-state index is 0.0432. The Kier molecular flexibility index (Phi) is 6.80. The van der Waals surface area contributed by atoms with Gasteiger partial charge in [-0.25, -0.2) is 4.79 Å². The lowest BCUT2D eigenvalue weighted by atomic mass is 9.73. The first kappa shape index (κ1) is 24.1. The second-order valence-electron chi connectivity index (χ2n) is 10.8. The molecule has 6 nitrogen and oxygen atoms in total. The van der Waals surface area contributed by atoms with E-state index in [0.717, 1.165) is 17.3 Å². The highest BCUT2D eigenvalue weighted by atomic mass is 35.5. The van der Waals surface area contributed by atoms with Gasteiger partial charge in [0.05, 0.1) is 11.1 Å². The molecule has 0 atom stereocenters. The third-order valence-corrected chi connectivity index (χ3v) is 7.84. The summed E-state index contributed by atoms with van der Waals surface area (Å²) in [7, 11) is -1.20. The summed E-state index contributed by atoms with van der Waals surface area (Å²) in [5.74, 6) is 0.0432. The number of hydrogen-bond donors (Lipinski definition) is 0. The Hall–Kier alpha value is -1.57. The Morgan fingerprint density at radius 1 is 1.19 bits per heavy atom. The van der Waals surface area contributed by atoms with Crippen LogP contribution in [0.2, 0.25) is 30.7 Å². The van der Waals surface area contributed by atoms with Crippen LogP contribution in [0.15, 0.2) is 18.2 Å². The van der Waals surface area contributed by atoms with Gasteiger partial charge < -0.3 is 14.4 Å². The Morgan fingerprint density at radius 3 is 2.42 bits per heavy atom. The van der Waals surface area contributed by atoms with E-state index in [-0.39, 0.29) is 18.7 Å². The number of ether oxygens (including phenoxy) is 2. The van der Waals surface area contributed by atoms with Gasteiger partial charge in [0.15, 0.2) is 0 Å². The fraction of sp³-hybridized carbons (Fsp3) is 0.652. The first-order chi connectivity index (χ1) is 14.3. The Balaban J connectivity index is 1.75. The van der Waals surface area contributed by atoms with Crippen LogP contribution in [0.5, 0.6) is 0 Å². The van der Waals surface area contributed by atoms with Crippen LogP contribution in [-0.4, -0.2) is 57.0 Å². The summed E-state index contributed by atoms with van der Waals surface area (Å²) in [5, 5.41) is 0.613. The zero-order valence-corrected chi connectivity index (χ0v) is 21.3. The van der Waals surface area contributed by atoms with Crippen LogP contribution >= 0.6 is 11.6 Å². The summed E-state index contributed by atoms with van der Waals surface area (Å²) in [4.78, 5) is 29.6. The number of carbonyl (C=O) groups is 2. The Morgan fingerprint density at radius 2 is 1.84 bits per heavy atom. The van der Waals surface area contributed by atoms with Crippen molar-refractivity contribution in [3.63, 3.8) is 0 Å². The maximum Gasteiger partial charge on any atom is 0.410 e. The van der Waals surface area contributed by atoms with Gasteiger partial charge in [0.1, 0.15) is 12.3 Å². The molecule has 0 aliphatic carbocycles. The molecule has 31 heavy (non-hydrogen) atoms. The van der Waals surface area contributed by atoms with Crippen LogP contribution < -0.4 is 4.90 Å². The highest BCUT2D eigenvalue weighted by Gasteiger charge is 2.52. The van der Waals surface area contributed by atoms with Crippen molar-refractivity contribution in [2.45, 2.75) is 70.3 Å². The van der Waals surface area contributed by atoms with Gasteiger partial charge in [-0.3, -0.25) is 9.69 Å². The number of nitrogens with zero attached hydrogens (tertiary/aromatic N) is 2. The third kappa shape index (κ3) is 5.44. The fourth-order valence-corrected chi connectivity index (χ4v) is 5.08. The summed E-state index contributed by atoms with van der Waals surface area (Å²) < 4.78 is 11.4. The molecule has 3 rings (SSSR count). The number of amides is 2. The van der Waals surface area contributed by atoms with Gasteiger partial charge in [-0.05, 0) is 63.4 Å². The standard InChI is InChI=1S/C23H35ClN2O4Si/c1-22(2,3)30-21(28)25-11-9-23(10-12-25)18-15-17(24)7-8-19(18)26(20(23)27)16-29-13-14-31(4,5)6/h7-8,15H,9-14,16H2,1-6H3. The number of rotatable bonds is 5. The maximum atomic E-state index is 13.6. The van der Waals surface area contributed by atoms with Crippen molar-refractivity contribution >= 4 is 37.4 Å². The molecule has 1 saturated heterocycles. The topological polar surface area (TPSA) is 59.1 Å². The van der Waals surface area contributed by atoms with Crippen molar-refractivity contribution in [2.75, 3.05) is 31.3 Å². The number of halogens is 1. The number of piperidine rings is 1. The van der Waals surface area contributed by atoms with Crippen LogP contribution in [0.25, 0.3) is 0 Å². The average Bonchev–Trinajstić information content (AvgIpc) is 2.86. The molecule has 0 saturated carbocycles. The molecule has 2 aliphatic heterocycles. The first-order valence-corrected chi connectivity index (χ1v) is 15.1. The maximum absolute atomic E-state index is 13.6. The SMILES string of the molecule is CC(C)(C)OC(=O)N1CCC2(CC1)C(=O)N(COCC[Si](C)(C)C)c1ccc(Cl)cc12. The molecule has 172 valence electrons. The van der Waals surface area contributed by atoms with E-state index in [1.165, 1.54) is 0 Å². The van der Waals surface area contributed by atoms with Crippen molar-refractivity contribution in [1.82, 2.24) is 4.90 Å². The van der Waals surface area contributed by atoms with Crippen LogP contribution in [0.4, 0.5) is 10.5 Å². The van der Waals surface area contributed by atoms with Crippen LogP contribution in [0.1, 0.15) is 39.2 Å². The number of carbonyl (C=O) groups excluding carboxylic acids is 2. The van der Waals surface area contributed by atoms with Crippen molar-refractivity contribution in [3.8, 4) is 0 Å². The normalized spacial score (nSPS) is 18.5. The molecule has 0 aromatic heterocycles. The first-order valence-electron chi connectivity index (χ1n) is 11.0. The molecule has 1 aromatic rings. The molecule has 1 fully saturated rings. The summed E-state index contributed by atoms with van der Waals surface area (Å²) in [5.41, 5.74) is 0.608. The van der Waals surface area contributed by atoms with Gasteiger partial charge in [-0.15, -0.1) is 0 Å². The van der Waals surface area contributed by atoms with Gasteiger partial charge in [-0.1, -0.05) is 31.2 Å². The predicted molar refractivity (Wildman–Crippen MR) is 127 cm³/mol. The van der Waals surface area contributed by atoms with E-state index >= 15 is 0 Å². The minimum Gasteiger partial charge on any atom is -0.444 e. The molecular weight excluding hydrogens is 432 g/mol. The number of anilines is 1. The highest BCUT2D eigenvalue weighted by Crippen LogP contribution is 2.48. The molecular formula is C23H35ClN2O4Si. The number of likely N-dealkylation sites (tertiary alicyclic amines) is 1. The van der Waals surface area contributed by atoms with Crippen LogP contribution in [-0.2, 0) is 19.7 Å². The summed E-state index contributed by atoms with van der Waals surface area (Å²) in [6.07, 6.45) is 0.763. The van der Waals surface area contributed by atoms with Crippen molar-refractivity contribution in [2.24, 2.45) is 0 Å². The number of fused-ring (bicyclic) bond motifs is 2. The molecule has 0 N–H and O–H groups in total. The van der Waals surface area contributed by atoms with E-state index in [1.807, 2.05) is 39.0 Å². The van der Waals surface area contributed by atoms with E-state index in [1.54, 1.807) is 9.80 Å². The minimum atomic E-state index is -1.20.